The van der Waals surface area contributed by atoms with Gasteiger partial charge < -0.3 is 9.64 Å². The van der Waals surface area contributed by atoms with E-state index >= 15 is 0 Å². The molecule has 0 N–H and O–H groups in total. The van der Waals surface area contributed by atoms with Gasteiger partial charge >= 0.3 is 0 Å². The molecule has 0 aliphatic heterocycles. The zero-order valence-corrected chi connectivity index (χ0v) is 14.0. The molecule has 0 amide bonds. The summed E-state index contributed by atoms with van der Waals surface area (Å²) in [5.41, 5.74) is 2.68. The lowest BCUT2D eigenvalue weighted by atomic mass is 10.1. The Kier molecular flexibility index (Phi) is 6.32. The lowest BCUT2D eigenvalue weighted by molar-refractivity contribution is 0.340. The van der Waals surface area contributed by atoms with Gasteiger partial charge in [-0.3, -0.25) is 0 Å². The molecule has 118 valence electrons. The second kappa shape index (κ2) is 8.47. The summed E-state index contributed by atoms with van der Waals surface area (Å²) in [6.45, 7) is 8.29. The smallest absolute Gasteiger partial charge is 0.119 e. The van der Waals surface area contributed by atoms with E-state index in [1.54, 1.807) is 0 Å². The number of nitrogens with zero attached hydrogens (tertiary/aromatic N) is 1. The number of hydrogen-bond donors (Lipinski definition) is 0. The molecule has 0 saturated carbocycles. The number of rotatable bonds is 8. The first-order valence-corrected chi connectivity index (χ1v) is 8.24. The van der Waals surface area contributed by atoms with Gasteiger partial charge in [0.2, 0.25) is 0 Å². The molecule has 2 rings (SSSR count). The van der Waals surface area contributed by atoms with E-state index in [0.29, 0.717) is 12.6 Å². The van der Waals surface area contributed by atoms with Crippen LogP contribution in [0.1, 0.15) is 32.8 Å². The second-order valence-electron chi connectivity index (χ2n) is 5.80. The Morgan fingerprint density at radius 3 is 2.23 bits per heavy atom. The van der Waals surface area contributed by atoms with Crippen molar-refractivity contribution in [2.24, 2.45) is 0 Å². The maximum absolute atomic E-state index is 5.52. The van der Waals surface area contributed by atoms with Crippen molar-refractivity contribution in [3.63, 3.8) is 0 Å². The van der Waals surface area contributed by atoms with Crippen molar-refractivity contribution in [1.29, 1.82) is 0 Å². The Morgan fingerprint density at radius 2 is 1.64 bits per heavy atom. The van der Waals surface area contributed by atoms with Crippen LogP contribution in [-0.2, 0) is 6.42 Å². The van der Waals surface area contributed by atoms with Gasteiger partial charge in [-0.05, 0) is 63.4 Å². The fraction of sp³-hybridized carbons (Fsp3) is 0.400. The molecule has 22 heavy (non-hydrogen) atoms. The Labute approximate surface area is 134 Å². The summed E-state index contributed by atoms with van der Waals surface area (Å²) < 4.78 is 5.52. The topological polar surface area (TPSA) is 12.5 Å². The molecule has 0 aliphatic rings. The van der Waals surface area contributed by atoms with E-state index in [2.05, 4.69) is 73.3 Å². The van der Waals surface area contributed by atoms with Crippen molar-refractivity contribution in [3.05, 3.63) is 60.2 Å². The molecule has 2 heteroatoms. The van der Waals surface area contributed by atoms with E-state index in [1.165, 1.54) is 11.3 Å². The molecule has 0 atom stereocenters. The molecular formula is C20H27NO. The van der Waals surface area contributed by atoms with Crippen LogP contribution < -0.4 is 9.64 Å². The van der Waals surface area contributed by atoms with E-state index in [4.69, 9.17) is 4.74 Å². The second-order valence-corrected chi connectivity index (χ2v) is 5.80. The number of hydrogen-bond acceptors (Lipinski definition) is 2. The Hall–Kier alpha value is -1.96. The molecule has 0 radical (unpaired) electrons. The zero-order valence-electron chi connectivity index (χ0n) is 14.0. The minimum Gasteiger partial charge on any atom is -0.494 e. The monoisotopic (exact) mass is 297 g/mol. The molecule has 2 aromatic rings. The van der Waals surface area contributed by atoms with Crippen molar-refractivity contribution in [1.82, 2.24) is 0 Å². The fourth-order valence-corrected chi connectivity index (χ4v) is 2.68. The highest BCUT2D eigenvalue weighted by Crippen LogP contribution is 2.22. The third-order valence-corrected chi connectivity index (χ3v) is 3.81. The summed E-state index contributed by atoms with van der Waals surface area (Å²) in [6.07, 6.45) is 2.29. The number of ether oxygens (including phenoxy) is 1. The summed E-state index contributed by atoms with van der Waals surface area (Å²) in [7, 11) is 0. The van der Waals surface area contributed by atoms with Gasteiger partial charge in [0.05, 0.1) is 6.61 Å². The summed E-state index contributed by atoms with van der Waals surface area (Å²) in [6, 6.07) is 19.6. The van der Waals surface area contributed by atoms with Crippen molar-refractivity contribution in [2.75, 3.05) is 18.1 Å². The molecule has 0 spiro atoms. The molecule has 2 aromatic carbocycles. The third-order valence-electron chi connectivity index (χ3n) is 3.81. The van der Waals surface area contributed by atoms with Crippen molar-refractivity contribution in [3.8, 4) is 5.75 Å². The van der Waals surface area contributed by atoms with Gasteiger partial charge in [-0.1, -0.05) is 30.3 Å². The highest BCUT2D eigenvalue weighted by atomic mass is 16.5. The SMILES string of the molecule is CCOc1ccc(N(CCCc2ccccc2)C(C)C)cc1. The minimum atomic E-state index is 0.494. The first-order valence-electron chi connectivity index (χ1n) is 8.24. The lowest BCUT2D eigenvalue weighted by Crippen LogP contribution is -2.31. The normalized spacial score (nSPS) is 10.7. The first-order chi connectivity index (χ1) is 10.7. The minimum absolute atomic E-state index is 0.494. The predicted octanol–water partition coefficient (Wildman–Crippen LogP) is 4.93. The highest BCUT2D eigenvalue weighted by molar-refractivity contribution is 5.49. The van der Waals surface area contributed by atoms with Crippen LogP contribution in [0, 0.1) is 0 Å². The average molecular weight is 297 g/mol. The standard InChI is InChI=1S/C20H27NO/c1-4-22-20-14-12-19(13-15-20)21(17(2)3)16-8-11-18-9-6-5-7-10-18/h5-7,9-10,12-15,17H,4,8,11,16H2,1-3H3. The van der Waals surface area contributed by atoms with Gasteiger partial charge in [-0.15, -0.1) is 0 Å². The molecular weight excluding hydrogens is 270 g/mol. The van der Waals surface area contributed by atoms with Gasteiger partial charge in [-0.2, -0.15) is 0 Å². The molecule has 0 aliphatic carbocycles. The van der Waals surface area contributed by atoms with E-state index in [9.17, 15) is 0 Å². The van der Waals surface area contributed by atoms with E-state index in [-0.39, 0.29) is 0 Å². The molecule has 0 aromatic heterocycles. The third kappa shape index (κ3) is 4.80. The number of aryl methyl sites for hydroxylation is 1. The van der Waals surface area contributed by atoms with Crippen LogP contribution in [-0.4, -0.2) is 19.2 Å². The summed E-state index contributed by atoms with van der Waals surface area (Å²) >= 11 is 0. The molecule has 0 saturated heterocycles. The summed E-state index contributed by atoms with van der Waals surface area (Å²) in [5.74, 6) is 0.944. The van der Waals surface area contributed by atoms with Crippen LogP contribution in [0.5, 0.6) is 5.75 Å². The summed E-state index contributed by atoms with van der Waals surface area (Å²) in [5, 5.41) is 0. The molecule has 0 fully saturated rings. The van der Waals surface area contributed by atoms with Crippen LogP contribution in [0.15, 0.2) is 54.6 Å². The van der Waals surface area contributed by atoms with Crippen molar-refractivity contribution >= 4 is 5.69 Å². The summed E-state index contributed by atoms with van der Waals surface area (Å²) in [4.78, 5) is 2.46. The molecule has 2 nitrogen and oxygen atoms in total. The largest absolute Gasteiger partial charge is 0.494 e. The predicted molar refractivity (Wildman–Crippen MR) is 94.9 cm³/mol. The average Bonchev–Trinajstić information content (AvgIpc) is 2.54. The van der Waals surface area contributed by atoms with Crippen LogP contribution in [0.25, 0.3) is 0 Å². The van der Waals surface area contributed by atoms with Gasteiger partial charge in [0.1, 0.15) is 5.75 Å². The molecule has 0 unspecified atom stereocenters. The highest BCUT2D eigenvalue weighted by Gasteiger charge is 2.10. The van der Waals surface area contributed by atoms with E-state index in [0.717, 1.165) is 25.1 Å². The van der Waals surface area contributed by atoms with Crippen molar-refractivity contribution in [2.45, 2.75) is 39.7 Å². The first kappa shape index (κ1) is 16.4. The van der Waals surface area contributed by atoms with Crippen molar-refractivity contribution < 1.29 is 4.74 Å². The fourth-order valence-electron chi connectivity index (χ4n) is 2.68. The Balaban J connectivity index is 1.94. The number of anilines is 1. The quantitative estimate of drug-likeness (QED) is 0.685. The maximum Gasteiger partial charge on any atom is 0.119 e. The van der Waals surface area contributed by atoms with Crippen LogP contribution in [0.4, 0.5) is 5.69 Å². The molecule has 0 heterocycles. The lowest BCUT2D eigenvalue weighted by Gasteiger charge is -2.29. The zero-order chi connectivity index (χ0) is 15.8. The maximum atomic E-state index is 5.52. The number of benzene rings is 2. The van der Waals surface area contributed by atoms with E-state index < -0.39 is 0 Å². The van der Waals surface area contributed by atoms with Gasteiger partial charge in [0.25, 0.3) is 0 Å². The van der Waals surface area contributed by atoms with Crippen LogP contribution >= 0.6 is 0 Å². The van der Waals surface area contributed by atoms with Crippen LogP contribution in [0.2, 0.25) is 0 Å². The van der Waals surface area contributed by atoms with Gasteiger partial charge in [0.15, 0.2) is 0 Å². The Bertz CT molecular complexity index is 533. The molecule has 0 bridgehead atoms. The van der Waals surface area contributed by atoms with Crippen LogP contribution in [0.3, 0.4) is 0 Å². The Morgan fingerprint density at radius 1 is 0.955 bits per heavy atom. The van der Waals surface area contributed by atoms with Gasteiger partial charge in [0, 0.05) is 18.3 Å². The van der Waals surface area contributed by atoms with Gasteiger partial charge in [-0.25, -0.2) is 0 Å². The van der Waals surface area contributed by atoms with E-state index in [1.807, 2.05) is 6.92 Å².